The van der Waals surface area contributed by atoms with E-state index in [0.29, 0.717) is 22.6 Å². The second-order valence-corrected chi connectivity index (χ2v) is 3.68. The highest BCUT2D eigenvalue weighted by molar-refractivity contribution is 6.07. The minimum Gasteiger partial charge on any atom is -0.398 e. The average Bonchev–Trinajstić information content (AvgIpc) is 2.71. The number of rotatable bonds is 2. The molecule has 90 valence electrons. The molecule has 2 rings (SSSR count). The molecule has 0 unspecified atom stereocenters. The fourth-order valence-electron chi connectivity index (χ4n) is 1.55. The van der Waals surface area contributed by atoms with Crippen LogP contribution in [0.4, 0.5) is 11.5 Å². The Bertz CT molecular complexity index is 638. The van der Waals surface area contributed by atoms with Crippen molar-refractivity contribution in [3.8, 4) is 6.07 Å². The number of nitrogens with one attached hydrogen (secondary N) is 1. The molecule has 3 N–H and O–H groups in total. The normalized spacial score (nSPS) is 9.78. The number of aromatic nitrogens is 2. The highest BCUT2D eigenvalue weighted by atomic mass is 16.1. The van der Waals surface area contributed by atoms with Gasteiger partial charge >= 0.3 is 0 Å². The summed E-state index contributed by atoms with van der Waals surface area (Å²) >= 11 is 0. The van der Waals surface area contributed by atoms with Crippen molar-refractivity contribution in [2.24, 2.45) is 7.05 Å². The highest BCUT2D eigenvalue weighted by Crippen LogP contribution is 2.16. The van der Waals surface area contributed by atoms with Crippen LogP contribution in [0.2, 0.25) is 0 Å². The first-order valence-corrected chi connectivity index (χ1v) is 5.21. The summed E-state index contributed by atoms with van der Waals surface area (Å²) in [5, 5.41) is 15.4. The van der Waals surface area contributed by atoms with Crippen LogP contribution in [-0.2, 0) is 7.05 Å². The maximum atomic E-state index is 12.0. The van der Waals surface area contributed by atoms with Gasteiger partial charge in [0.25, 0.3) is 5.91 Å². The molecule has 0 saturated heterocycles. The van der Waals surface area contributed by atoms with Gasteiger partial charge in [-0.15, -0.1) is 0 Å². The van der Waals surface area contributed by atoms with Gasteiger partial charge in [-0.2, -0.15) is 10.4 Å². The Labute approximate surface area is 104 Å². The number of nitrogen functional groups attached to an aromatic ring is 1. The number of anilines is 2. The number of benzene rings is 1. The molecule has 0 aliphatic carbocycles. The molecule has 2 aromatic rings. The highest BCUT2D eigenvalue weighted by Gasteiger charge is 2.14. The van der Waals surface area contributed by atoms with E-state index in [2.05, 4.69) is 10.4 Å². The Balaban J connectivity index is 2.31. The van der Waals surface area contributed by atoms with Crippen LogP contribution in [0.1, 0.15) is 15.9 Å². The lowest BCUT2D eigenvalue weighted by molar-refractivity contribution is 0.102. The van der Waals surface area contributed by atoms with E-state index in [-0.39, 0.29) is 5.91 Å². The number of nitrogens with two attached hydrogens (primary N) is 1. The second-order valence-electron chi connectivity index (χ2n) is 3.68. The smallest absolute Gasteiger partial charge is 0.258 e. The van der Waals surface area contributed by atoms with Crippen molar-refractivity contribution in [2.45, 2.75) is 0 Å². The number of carbonyl (C=O) groups is 1. The predicted molar refractivity (Wildman–Crippen MR) is 66.7 cm³/mol. The van der Waals surface area contributed by atoms with Crippen LogP contribution in [-0.4, -0.2) is 15.7 Å². The van der Waals surface area contributed by atoms with Gasteiger partial charge in [-0.1, -0.05) is 12.1 Å². The van der Waals surface area contributed by atoms with Gasteiger partial charge in [0.1, 0.15) is 17.5 Å². The first-order valence-electron chi connectivity index (χ1n) is 5.21. The van der Waals surface area contributed by atoms with Crippen LogP contribution < -0.4 is 11.1 Å². The van der Waals surface area contributed by atoms with Crippen molar-refractivity contribution in [1.82, 2.24) is 9.78 Å². The van der Waals surface area contributed by atoms with Crippen molar-refractivity contribution in [3.63, 3.8) is 0 Å². The number of carbonyl (C=O) groups excluding carboxylic acids is 1. The Morgan fingerprint density at radius 1 is 1.50 bits per heavy atom. The zero-order valence-corrected chi connectivity index (χ0v) is 9.71. The van der Waals surface area contributed by atoms with Gasteiger partial charge < -0.3 is 11.1 Å². The van der Waals surface area contributed by atoms with E-state index < -0.39 is 0 Å². The monoisotopic (exact) mass is 241 g/mol. The van der Waals surface area contributed by atoms with E-state index in [0.717, 1.165) is 0 Å². The van der Waals surface area contributed by atoms with Crippen LogP contribution in [0.5, 0.6) is 0 Å². The fourth-order valence-corrected chi connectivity index (χ4v) is 1.55. The third-order valence-corrected chi connectivity index (χ3v) is 2.50. The molecule has 1 heterocycles. The lowest BCUT2D eigenvalue weighted by Crippen LogP contribution is -2.16. The van der Waals surface area contributed by atoms with Crippen LogP contribution in [0.15, 0.2) is 30.5 Å². The van der Waals surface area contributed by atoms with Gasteiger partial charge in [-0.3, -0.25) is 9.48 Å². The van der Waals surface area contributed by atoms with E-state index in [4.69, 9.17) is 11.0 Å². The number of amides is 1. The van der Waals surface area contributed by atoms with Gasteiger partial charge in [-0.05, 0) is 12.1 Å². The summed E-state index contributed by atoms with van der Waals surface area (Å²) in [6.45, 7) is 0. The summed E-state index contributed by atoms with van der Waals surface area (Å²) < 4.78 is 1.43. The zero-order valence-electron chi connectivity index (χ0n) is 9.71. The maximum absolute atomic E-state index is 12.0. The quantitative estimate of drug-likeness (QED) is 0.770. The number of aryl methyl sites for hydroxylation is 1. The van der Waals surface area contributed by atoms with Crippen molar-refractivity contribution in [1.29, 1.82) is 5.26 Å². The van der Waals surface area contributed by atoms with Gasteiger partial charge in [0, 0.05) is 12.7 Å². The second kappa shape index (κ2) is 4.59. The Kier molecular flexibility index (Phi) is 2.98. The summed E-state index contributed by atoms with van der Waals surface area (Å²) in [5.74, 6) is -0.0149. The average molecular weight is 241 g/mol. The molecule has 0 aliphatic rings. The fraction of sp³-hybridized carbons (Fsp3) is 0.0833. The number of para-hydroxylation sites is 1. The maximum Gasteiger partial charge on any atom is 0.258 e. The van der Waals surface area contributed by atoms with Crippen LogP contribution in [0.25, 0.3) is 0 Å². The van der Waals surface area contributed by atoms with E-state index in [9.17, 15) is 4.79 Å². The van der Waals surface area contributed by atoms with E-state index in [1.807, 2.05) is 6.07 Å². The molecule has 1 aromatic carbocycles. The third-order valence-electron chi connectivity index (χ3n) is 2.50. The van der Waals surface area contributed by atoms with Crippen LogP contribution in [0, 0.1) is 11.3 Å². The molecule has 6 nitrogen and oxygen atoms in total. The third kappa shape index (κ3) is 2.01. The SMILES string of the molecule is Cn1ncc(C#N)c1NC(=O)c1ccccc1N. The van der Waals surface area contributed by atoms with Crippen molar-refractivity contribution < 1.29 is 4.79 Å². The summed E-state index contributed by atoms with van der Waals surface area (Å²) in [7, 11) is 1.64. The molecular formula is C12H11N5O. The predicted octanol–water partition coefficient (Wildman–Crippen LogP) is 1.13. The minimum absolute atomic E-state index is 0.306. The van der Waals surface area contributed by atoms with Gasteiger partial charge in [0.2, 0.25) is 0 Å². The number of hydrogen-bond donors (Lipinski definition) is 2. The number of hydrogen-bond acceptors (Lipinski definition) is 4. The molecule has 1 aromatic heterocycles. The van der Waals surface area contributed by atoms with E-state index in [1.54, 1.807) is 31.3 Å². The van der Waals surface area contributed by atoms with Gasteiger partial charge in [0.05, 0.1) is 11.8 Å². The molecule has 6 heteroatoms. The molecule has 0 spiro atoms. The van der Waals surface area contributed by atoms with E-state index >= 15 is 0 Å². The van der Waals surface area contributed by atoms with E-state index in [1.165, 1.54) is 10.9 Å². The number of nitriles is 1. The molecule has 0 aliphatic heterocycles. The molecule has 18 heavy (non-hydrogen) atoms. The lowest BCUT2D eigenvalue weighted by Gasteiger charge is -2.07. The van der Waals surface area contributed by atoms with Crippen molar-refractivity contribution in [3.05, 3.63) is 41.6 Å². The summed E-state index contributed by atoms with van der Waals surface area (Å²) in [6.07, 6.45) is 1.39. The first-order chi connectivity index (χ1) is 8.63. The lowest BCUT2D eigenvalue weighted by atomic mass is 10.1. The van der Waals surface area contributed by atoms with Crippen molar-refractivity contribution >= 4 is 17.4 Å². The van der Waals surface area contributed by atoms with Crippen LogP contribution in [0.3, 0.4) is 0 Å². The summed E-state index contributed by atoms with van der Waals surface area (Å²) in [6, 6.07) is 8.69. The van der Waals surface area contributed by atoms with Gasteiger partial charge in [0.15, 0.2) is 0 Å². The summed E-state index contributed by atoms with van der Waals surface area (Å²) in [4.78, 5) is 12.0. The largest absolute Gasteiger partial charge is 0.398 e. The molecule has 0 radical (unpaired) electrons. The first kappa shape index (κ1) is 11.7. The minimum atomic E-state index is -0.367. The topological polar surface area (TPSA) is 96.7 Å². The zero-order chi connectivity index (χ0) is 13.1. The van der Waals surface area contributed by atoms with Gasteiger partial charge in [-0.25, -0.2) is 0 Å². The number of nitrogens with zero attached hydrogens (tertiary/aromatic N) is 3. The Morgan fingerprint density at radius 2 is 2.22 bits per heavy atom. The Morgan fingerprint density at radius 3 is 2.89 bits per heavy atom. The molecular weight excluding hydrogens is 230 g/mol. The molecule has 1 amide bonds. The molecule has 0 bridgehead atoms. The Hall–Kier alpha value is -2.81. The molecule has 0 atom stereocenters. The molecule has 0 saturated carbocycles. The summed E-state index contributed by atoms with van der Waals surface area (Å²) in [5.41, 5.74) is 6.77. The molecule has 0 fully saturated rings. The van der Waals surface area contributed by atoms with Crippen LogP contribution >= 0.6 is 0 Å². The standard InChI is InChI=1S/C12H11N5O/c1-17-11(8(6-13)7-15-17)16-12(18)9-4-2-3-5-10(9)14/h2-5,7H,14H2,1H3,(H,16,18). The van der Waals surface area contributed by atoms with Crippen molar-refractivity contribution in [2.75, 3.05) is 11.1 Å².